The van der Waals surface area contributed by atoms with Gasteiger partial charge in [0.25, 0.3) is 0 Å². The lowest BCUT2D eigenvalue weighted by Gasteiger charge is -2.17. The van der Waals surface area contributed by atoms with Crippen LogP contribution in [-0.2, 0) is 19.1 Å². The first-order valence-electron chi connectivity index (χ1n) is 6.08. The quantitative estimate of drug-likeness (QED) is 0.573. The van der Waals surface area contributed by atoms with Gasteiger partial charge in [0.2, 0.25) is 0 Å². The van der Waals surface area contributed by atoms with Crippen molar-refractivity contribution in [2.45, 2.75) is 40.2 Å². The first-order chi connectivity index (χ1) is 8.09. The molecule has 0 radical (unpaired) electrons. The minimum Gasteiger partial charge on any atom is -0.469 e. The minimum absolute atomic E-state index is 0.0393. The Morgan fingerprint density at radius 3 is 2.22 bits per heavy atom. The lowest BCUT2D eigenvalue weighted by molar-refractivity contribution is -0.148. The van der Waals surface area contributed by atoms with Crippen LogP contribution in [0.2, 0.25) is 0 Å². The summed E-state index contributed by atoms with van der Waals surface area (Å²) in [4.78, 5) is 23.0. The maximum atomic E-state index is 11.5. The van der Waals surface area contributed by atoms with Gasteiger partial charge in [-0.15, -0.1) is 0 Å². The number of ether oxygens (including phenoxy) is 2. The minimum atomic E-state index is -0.498. The van der Waals surface area contributed by atoms with Crippen molar-refractivity contribution in [2.75, 3.05) is 7.11 Å². The van der Waals surface area contributed by atoms with Gasteiger partial charge < -0.3 is 9.47 Å². The van der Waals surface area contributed by atoms with Gasteiger partial charge in [0.15, 0.2) is 0 Å². The van der Waals surface area contributed by atoms with Gasteiger partial charge in [0, 0.05) is 6.08 Å². The summed E-state index contributed by atoms with van der Waals surface area (Å²) in [7, 11) is 1.38. The lowest BCUT2D eigenvalue weighted by atomic mass is 10.1. The van der Waals surface area contributed by atoms with Gasteiger partial charge >= 0.3 is 11.9 Å². The summed E-state index contributed by atoms with van der Waals surface area (Å²) in [5, 5.41) is 0. The summed E-state index contributed by atoms with van der Waals surface area (Å²) < 4.78 is 9.90. The van der Waals surface area contributed by atoms with Gasteiger partial charge in [-0.2, -0.15) is 0 Å². The van der Waals surface area contributed by atoms with Crippen LogP contribution in [0.5, 0.6) is 0 Å². The fraction of sp³-hybridized carbons (Fsp3) is 0.714. The Balaban J connectivity index is 2.59. The standard InChI is InChI=1S/C14H22O4/c1-13(2,3)18-10(15)8-7-9-11(12(16)17-6)14(9,4)5/h7-9,11H,1-6H3. The number of hydrogen-bond donors (Lipinski definition) is 0. The fourth-order valence-electron chi connectivity index (χ4n) is 2.13. The molecule has 1 aliphatic rings. The van der Waals surface area contributed by atoms with E-state index < -0.39 is 5.60 Å². The normalized spacial score (nSPS) is 25.9. The third kappa shape index (κ3) is 3.34. The van der Waals surface area contributed by atoms with Crippen LogP contribution in [0.15, 0.2) is 12.2 Å². The predicted molar refractivity (Wildman–Crippen MR) is 67.8 cm³/mol. The molecule has 0 saturated heterocycles. The zero-order chi connectivity index (χ0) is 14.1. The third-order valence-electron chi connectivity index (χ3n) is 3.21. The Hall–Kier alpha value is -1.32. The molecule has 0 aromatic heterocycles. The third-order valence-corrected chi connectivity index (χ3v) is 3.21. The number of rotatable bonds is 3. The SMILES string of the molecule is COC(=O)C1C(C=CC(=O)OC(C)(C)C)C1(C)C. The topological polar surface area (TPSA) is 52.6 Å². The molecular weight excluding hydrogens is 232 g/mol. The van der Waals surface area contributed by atoms with Crippen molar-refractivity contribution in [1.82, 2.24) is 0 Å². The second kappa shape index (κ2) is 4.75. The summed E-state index contributed by atoms with van der Waals surface area (Å²) in [6.45, 7) is 9.42. The second-order valence-electron chi connectivity index (χ2n) is 6.24. The summed E-state index contributed by atoms with van der Waals surface area (Å²) in [5.74, 6) is -0.730. The van der Waals surface area contributed by atoms with Gasteiger partial charge in [-0.05, 0) is 32.1 Å². The summed E-state index contributed by atoms with van der Waals surface area (Å²) in [6, 6.07) is 0. The largest absolute Gasteiger partial charge is 0.469 e. The molecule has 4 heteroatoms. The van der Waals surface area contributed by atoms with Crippen LogP contribution >= 0.6 is 0 Å². The van der Waals surface area contributed by atoms with E-state index >= 15 is 0 Å². The molecule has 0 aromatic carbocycles. The van der Waals surface area contributed by atoms with E-state index in [9.17, 15) is 9.59 Å². The van der Waals surface area contributed by atoms with Crippen molar-refractivity contribution in [3.63, 3.8) is 0 Å². The maximum absolute atomic E-state index is 11.5. The average Bonchev–Trinajstić information content (AvgIpc) is 2.74. The predicted octanol–water partition coefficient (Wildman–Crippen LogP) is 2.33. The lowest BCUT2D eigenvalue weighted by Crippen LogP contribution is -2.22. The molecule has 4 nitrogen and oxygen atoms in total. The first kappa shape index (κ1) is 14.7. The maximum Gasteiger partial charge on any atom is 0.330 e. The van der Waals surface area contributed by atoms with E-state index in [-0.39, 0.29) is 29.2 Å². The van der Waals surface area contributed by atoms with Crippen molar-refractivity contribution in [3.05, 3.63) is 12.2 Å². The summed E-state index contributed by atoms with van der Waals surface area (Å²) in [6.07, 6.45) is 3.15. The number of esters is 2. The van der Waals surface area contributed by atoms with Crippen molar-refractivity contribution < 1.29 is 19.1 Å². The van der Waals surface area contributed by atoms with Crippen LogP contribution < -0.4 is 0 Å². The number of methoxy groups -OCH3 is 1. The van der Waals surface area contributed by atoms with Crippen molar-refractivity contribution >= 4 is 11.9 Å². The highest BCUT2D eigenvalue weighted by atomic mass is 16.6. The van der Waals surface area contributed by atoms with Crippen LogP contribution in [0.25, 0.3) is 0 Å². The van der Waals surface area contributed by atoms with Gasteiger partial charge in [-0.3, -0.25) is 4.79 Å². The monoisotopic (exact) mass is 254 g/mol. The molecule has 0 aromatic rings. The number of hydrogen-bond acceptors (Lipinski definition) is 4. The molecule has 1 saturated carbocycles. The zero-order valence-corrected chi connectivity index (χ0v) is 11.9. The van der Waals surface area contributed by atoms with Crippen LogP contribution in [0.3, 0.4) is 0 Å². The molecule has 2 atom stereocenters. The molecule has 1 aliphatic carbocycles. The van der Waals surface area contributed by atoms with Gasteiger partial charge in [-0.25, -0.2) is 4.79 Å². The Labute approximate surface area is 108 Å². The van der Waals surface area contributed by atoms with E-state index in [1.807, 2.05) is 34.6 Å². The molecule has 0 spiro atoms. The van der Waals surface area contributed by atoms with Crippen LogP contribution in [0.1, 0.15) is 34.6 Å². The molecule has 2 unspecified atom stereocenters. The Morgan fingerprint density at radius 2 is 1.78 bits per heavy atom. The molecule has 1 rings (SSSR count). The summed E-state index contributed by atoms with van der Waals surface area (Å²) >= 11 is 0. The van der Waals surface area contributed by atoms with Crippen LogP contribution in [-0.4, -0.2) is 24.6 Å². The van der Waals surface area contributed by atoms with E-state index in [1.54, 1.807) is 6.08 Å². The highest BCUT2D eigenvalue weighted by Crippen LogP contribution is 2.59. The number of carbonyl (C=O) groups excluding carboxylic acids is 2. The smallest absolute Gasteiger partial charge is 0.330 e. The van der Waals surface area contributed by atoms with Gasteiger partial charge in [0.1, 0.15) is 5.60 Å². The zero-order valence-electron chi connectivity index (χ0n) is 11.9. The Kier molecular flexibility index (Phi) is 3.89. The van der Waals surface area contributed by atoms with E-state index in [2.05, 4.69) is 0 Å². The van der Waals surface area contributed by atoms with Crippen molar-refractivity contribution in [3.8, 4) is 0 Å². The second-order valence-corrected chi connectivity index (χ2v) is 6.24. The molecule has 1 fully saturated rings. The number of allylic oxidation sites excluding steroid dienone is 1. The molecule has 0 amide bonds. The van der Waals surface area contributed by atoms with E-state index in [1.165, 1.54) is 13.2 Å². The van der Waals surface area contributed by atoms with E-state index in [0.717, 1.165) is 0 Å². The molecule has 18 heavy (non-hydrogen) atoms. The average molecular weight is 254 g/mol. The summed E-state index contributed by atoms with van der Waals surface area (Å²) in [5.41, 5.74) is -0.645. The molecule has 0 bridgehead atoms. The van der Waals surface area contributed by atoms with Crippen molar-refractivity contribution in [2.24, 2.45) is 17.3 Å². The molecule has 0 N–H and O–H groups in total. The highest BCUT2D eigenvalue weighted by molar-refractivity contribution is 5.83. The van der Waals surface area contributed by atoms with E-state index in [4.69, 9.17) is 9.47 Å². The van der Waals surface area contributed by atoms with Gasteiger partial charge in [-0.1, -0.05) is 19.9 Å². The van der Waals surface area contributed by atoms with Crippen LogP contribution in [0, 0.1) is 17.3 Å². The Bertz CT molecular complexity index is 374. The molecular formula is C14H22O4. The fourth-order valence-corrected chi connectivity index (χ4v) is 2.13. The van der Waals surface area contributed by atoms with E-state index in [0.29, 0.717) is 0 Å². The Morgan fingerprint density at radius 1 is 1.22 bits per heavy atom. The first-order valence-corrected chi connectivity index (χ1v) is 6.08. The molecule has 0 heterocycles. The number of carbonyl (C=O) groups is 2. The molecule has 102 valence electrons. The van der Waals surface area contributed by atoms with Crippen LogP contribution in [0.4, 0.5) is 0 Å². The highest BCUT2D eigenvalue weighted by Gasteiger charge is 2.61. The molecule has 0 aliphatic heterocycles. The van der Waals surface area contributed by atoms with Crippen molar-refractivity contribution in [1.29, 1.82) is 0 Å². The van der Waals surface area contributed by atoms with Gasteiger partial charge in [0.05, 0.1) is 13.0 Å².